The first-order valence-corrected chi connectivity index (χ1v) is 10.7. The summed E-state index contributed by atoms with van der Waals surface area (Å²) in [6.07, 6.45) is 0. The zero-order valence-electron chi connectivity index (χ0n) is 18.2. The molecule has 0 saturated carbocycles. The van der Waals surface area contributed by atoms with Gasteiger partial charge in [0.05, 0.1) is 30.0 Å². The number of nitrogens with zero attached hydrogens (tertiary/aromatic N) is 4. The summed E-state index contributed by atoms with van der Waals surface area (Å²) in [6.45, 7) is 1.66. The summed E-state index contributed by atoms with van der Waals surface area (Å²) in [6, 6.07) is 8.60. The number of esters is 1. The van der Waals surface area contributed by atoms with Crippen LogP contribution in [0.4, 0.5) is 11.4 Å². The lowest BCUT2D eigenvalue weighted by Gasteiger charge is -2.20. The van der Waals surface area contributed by atoms with Crippen LogP contribution in [-0.2, 0) is 19.1 Å². The summed E-state index contributed by atoms with van der Waals surface area (Å²) < 4.78 is 10.0. The SMILES string of the molecule is CCOC(=O)c1ccc(NC(=O)CN2N=N[C@H]3C(=O)N(c4ccc(OC)c(Cl)c4)C(=O)[C@H]32)cc1. The number of benzene rings is 2. The van der Waals surface area contributed by atoms with Crippen molar-refractivity contribution in [3.8, 4) is 5.75 Å². The van der Waals surface area contributed by atoms with Crippen molar-refractivity contribution in [2.75, 3.05) is 30.5 Å². The molecule has 11 nitrogen and oxygen atoms in total. The second kappa shape index (κ2) is 9.48. The molecule has 0 spiro atoms. The lowest BCUT2D eigenvalue weighted by molar-refractivity contribution is -0.123. The van der Waals surface area contributed by atoms with Gasteiger partial charge in [-0.3, -0.25) is 19.4 Å². The molecule has 0 aromatic heterocycles. The number of hydrogen-bond donors (Lipinski definition) is 1. The Hall–Kier alpha value is -3.99. The van der Waals surface area contributed by atoms with Crippen LogP contribution in [0.3, 0.4) is 0 Å². The second-order valence-corrected chi connectivity index (χ2v) is 7.78. The second-order valence-electron chi connectivity index (χ2n) is 7.37. The monoisotopic (exact) mass is 485 g/mol. The van der Waals surface area contributed by atoms with E-state index < -0.39 is 35.8 Å². The molecule has 1 fully saturated rings. The van der Waals surface area contributed by atoms with Gasteiger partial charge in [-0.15, -0.1) is 0 Å². The van der Waals surface area contributed by atoms with Gasteiger partial charge in [0, 0.05) is 5.69 Å². The smallest absolute Gasteiger partial charge is 0.338 e. The third-order valence-electron chi connectivity index (χ3n) is 5.24. The molecule has 34 heavy (non-hydrogen) atoms. The molecule has 3 amide bonds. The Morgan fingerprint density at radius 3 is 2.50 bits per heavy atom. The lowest BCUT2D eigenvalue weighted by Crippen LogP contribution is -2.43. The normalized spacial score (nSPS) is 18.8. The molecular formula is C22H20ClN5O6. The van der Waals surface area contributed by atoms with Crippen molar-refractivity contribution in [3.63, 3.8) is 0 Å². The van der Waals surface area contributed by atoms with Crippen LogP contribution in [0, 0.1) is 0 Å². The Labute approximate surface area is 199 Å². The fourth-order valence-electron chi connectivity index (χ4n) is 3.65. The Bertz CT molecular complexity index is 1180. The van der Waals surface area contributed by atoms with Gasteiger partial charge in [0.1, 0.15) is 12.3 Å². The maximum absolute atomic E-state index is 13.1. The van der Waals surface area contributed by atoms with Crippen molar-refractivity contribution in [2.24, 2.45) is 10.3 Å². The summed E-state index contributed by atoms with van der Waals surface area (Å²) in [4.78, 5) is 51.2. The number of ether oxygens (including phenoxy) is 2. The zero-order valence-corrected chi connectivity index (χ0v) is 19.0. The fraction of sp³-hybridized carbons (Fsp3) is 0.273. The molecule has 0 bridgehead atoms. The number of anilines is 2. The van der Waals surface area contributed by atoms with Gasteiger partial charge in [-0.2, -0.15) is 5.11 Å². The maximum atomic E-state index is 13.1. The third kappa shape index (κ3) is 4.29. The van der Waals surface area contributed by atoms with Crippen molar-refractivity contribution >= 4 is 46.7 Å². The number of fused-ring (bicyclic) bond motifs is 1. The topological polar surface area (TPSA) is 130 Å². The molecule has 0 aliphatic carbocycles. The predicted molar refractivity (Wildman–Crippen MR) is 121 cm³/mol. The first-order chi connectivity index (χ1) is 16.3. The van der Waals surface area contributed by atoms with E-state index in [1.165, 1.54) is 36.4 Å². The number of halogens is 1. The van der Waals surface area contributed by atoms with Gasteiger partial charge in [0.15, 0.2) is 12.1 Å². The van der Waals surface area contributed by atoms with Crippen LogP contribution in [0.15, 0.2) is 52.8 Å². The molecule has 1 N–H and O–H groups in total. The highest BCUT2D eigenvalue weighted by Crippen LogP contribution is 2.35. The fourth-order valence-corrected chi connectivity index (χ4v) is 3.91. The standard InChI is InChI=1S/C22H20ClN5O6/c1-3-34-22(32)12-4-6-13(7-5-12)24-17(29)11-27-19-18(25-26-27)20(30)28(21(19)31)14-8-9-16(33-2)15(23)10-14/h4-10,18-19H,3,11H2,1-2H3,(H,24,29)/t18-,19+/m1/s1. The van der Waals surface area contributed by atoms with E-state index in [1.807, 2.05) is 0 Å². The number of carbonyl (C=O) groups excluding carboxylic acids is 4. The van der Waals surface area contributed by atoms with Crippen LogP contribution in [0.2, 0.25) is 5.02 Å². The van der Waals surface area contributed by atoms with Crippen LogP contribution < -0.4 is 15.0 Å². The summed E-state index contributed by atoms with van der Waals surface area (Å²) in [7, 11) is 1.45. The largest absolute Gasteiger partial charge is 0.495 e. The van der Waals surface area contributed by atoms with Crippen LogP contribution >= 0.6 is 11.6 Å². The number of amides is 3. The number of imide groups is 1. The minimum absolute atomic E-state index is 0.240. The molecular weight excluding hydrogens is 466 g/mol. The molecule has 2 aromatic carbocycles. The van der Waals surface area contributed by atoms with E-state index in [0.717, 1.165) is 4.90 Å². The van der Waals surface area contributed by atoms with Crippen LogP contribution in [0.25, 0.3) is 0 Å². The predicted octanol–water partition coefficient (Wildman–Crippen LogP) is 2.46. The molecule has 12 heteroatoms. The number of hydrogen-bond acceptors (Lipinski definition) is 9. The Kier molecular flexibility index (Phi) is 6.46. The quantitative estimate of drug-likeness (QED) is 0.471. The average Bonchev–Trinajstić information content (AvgIpc) is 3.33. The summed E-state index contributed by atoms with van der Waals surface area (Å²) in [5, 5.41) is 11.8. The molecule has 176 valence electrons. The van der Waals surface area contributed by atoms with Crippen LogP contribution in [-0.4, -0.2) is 61.0 Å². The molecule has 4 rings (SSSR count). The number of rotatable bonds is 7. The van der Waals surface area contributed by atoms with Crippen molar-refractivity contribution in [3.05, 3.63) is 53.1 Å². The molecule has 0 radical (unpaired) electrons. The van der Waals surface area contributed by atoms with E-state index in [4.69, 9.17) is 21.1 Å². The molecule has 1 saturated heterocycles. The van der Waals surface area contributed by atoms with Gasteiger partial charge < -0.3 is 14.8 Å². The van der Waals surface area contributed by atoms with Crippen molar-refractivity contribution in [1.29, 1.82) is 0 Å². The molecule has 2 aliphatic rings. The van der Waals surface area contributed by atoms with Crippen molar-refractivity contribution < 1.29 is 28.7 Å². The number of nitrogens with one attached hydrogen (secondary N) is 1. The van der Waals surface area contributed by atoms with Crippen LogP contribution in [0.1, 0.15) is 17.3 Å². The van der Waals surface area contributed by atoms with E-state index >= 15 is 0 Å². The molecule has 2 aromatic rings. The van der Waals surface area contributed by atoms with Gasteiger partial charge in [-0.05, 0) is 49.4 Å². The van der Waals surface area contributed by atoms with E-state index in [1.54, 1.807) is 25.1 Å². The van der Waals surface area contributed by atoms with Crippen molar-refractivity contribution in [1.82, 2.24) is 5.01 Å². The minimum atomic E-state index is -1.05. The highest BCUT2D eigenvalue weighted by Gasteiger charge is 2.55. The molecule has 2 heterocycles. The van der Waals surface area contributed by atoms with E-state index in [0.29, 0.717) is 17.0 Å². The van der Waals surface area contributed by atoms with Crippen molar-refractivity contribution in [2.45, 2.75) is 19.0 Å². The van der Waals surface area contributed by atoms with E-state index in [-0.39, 0.29) is 23.9 Å². The lowest BCUT2D eigenvalue weighted by atomic mass is 10.1. The highest BCUT2D eigenvalue weighted by atomic mass is 35.5. The van der Waals surface area contributed by atoms with Gasteiger partial charge in [0.25, 0.3) is 11.8 Å². The zero-order chi connectivity index (χ0) is 24.4. The summed E-state index contributed by atoms with van der Waals surface area (Å²) in [5.41, 5.74) is 1.07. The first-order valence-electron chi connectivity index (χ1n) is 10.3. The minimum Gasteiger partial charge on any atom is -0.495 e. The third-order valence-corrected chi connectivity index (χ3v) is 5.53. The number of methoxy groups -OCH3 is 1. The maximum Gasteiger partial charge on any atom is 0.338 e. The van der Waals surface area contributed by atoms with Gasteiger partial charge in [-0.25, -0.2) is 9.69 Å². The van der Waals surface area contributed by atoms with E-state index in [9.17, 15) is 19.2 Å². The van der Waals surface area contributed by atoms with Gasteiger partial charge in [-0.1, -0.05) is 16.8 Å². The van der Waals surface area contributed by atoms with Gasteiger partial charge >= 0.3 is 5.97 Å². The average molecular weight is 486 g/mol. The van der Waals surface area contributed by atoms with Gasteiger partial charge in [0.2, 0.25) is 5.91 Å². The number of carbonyl (C=O) groups is 4. The Morgan fingerprint density at radius 1 is 1.12 bits per heavy atom. The Balaban J connectivity index is 1.43. The highest BCUT2D eigenvalue weighted by molar-refractivity contribution is 6.33. The molecule has 2 atom stereocenters. The Morgan fingerprint density at radius 2 is 1.85 bits per heavy atom. The molecule has 2 aliphatic heterocycles. The summed E-state index contributed by atoms with van der Waals surface area (Å²) >= 11 is 6.14. The molecule has 0 unspecified atom stereocenters. The van der Waals surface area contributed by atoms with E-state index in [2.05, 4.69) is 15.7 Å². The summed E-state index contributed by atoms with van der Waals surface area (Å²) in [5.74, 6) is -1.66. The first kappa shape index (κ1) is 23.2. The van der Waals surface area contributed by atoms with Crippen LogP contribution in [0.5, 0.6) is 5.75 Å².